The summed E-state index contributed by atoms with van der Waals surface area (Å²) in [5.41, 5.74) is 2.73. The van der Waals surface area contributed by atoms with Gasteiger partial charge in [0.15, 0.2) is 0 Å². The first-order valence-corrected chi connectivity index (χ1v) is 7.95. The van der Waals surface area contributed by atoms with E-state index in [1.807, 2.05) is 22.8 Å². The molecular weight excluding hydrogens is 355 g/mol. The van der Waals surface area contributed by atoms with E-state index >= 15 is 0 Å². The molecule has 108 valence electrons. The Balaban J connectivity index is 2.10. The fraction of sp³-hybridized carbons (Fsp3) is 0.188. The van der Waals surface area contributed by atoms with Crippen LogP contribution in [0.5, 0.6) is 0 Å². The summed E-state index contributed by atoms with van der Waals surface area (Å²) < 4.78 is 16.6. The quantitative estimate of drug-likeness (QED) is 0.608. The lowest BCUT2D eigenvalue weighted by molar-refractivity contribution is 0.628. The van der Waals surface area contributed by atoms with Gasteiger partial charge in [-0.15, -0.1) is 11.6 Å². The van der Waals surface area contributed by atoms with E-state index in [-0.39, 0.29) is 5.82 Å². The molecule has 3 rings (SSSR count). The highest BCUT2D eigenvalue weighted by Crippen LogP contribution is 2.21. The summed E-state index contributed by atoms with van der Waals surface area (Å²) in [7, 11) is 0. The van der Waals surface area contributed by atoms with Gasteiger partial charge in [0.2, 0.25) is 0 Å². The molecule has 0 unspecified atom stereocenters. The van der Waals surface area contributed by atoms with E-state index in [0.717, 1.165) is 26.9 Å². The second kappa shape index (κ2) is 6.16. The van der Waals surface area contributed by atoms with Crippen molar-refractivity contribution < 1.29 is 4.39 Å². The summed E-state index contributed by atoms with van der Waals surface area (Å²) in [6.07, 6.45) is 0.659. The summed E-state index contributed by atoms with van der Waals surface area (Å²) in [6, 6.07) is 12.7. The van der Waals surface area contributed by atoms with Gasteiger partial charge in [-0.2, -0.15) is 0 Å². The molecule has 1 aromatic heterocycles. The van der Waals surface area contributed by atoms with Gasteiger partial charge in [-0.25, -0.2) is 9.37 Å². The number of fused-ring (bicyclic) bond motifs is 1. The Labute approximate surface area is 135 Å². The molecule has 0 aliphatic carbocycles. The van der Waals surface area contributed by atoms with Crippen LogP contribution in [0.15, 0.2) is 46.9 Å². The summed E-state index contributed by atoms with van der Waals surface area (Å²) >= 11 is 9.33. The van der Waals surface area contributed by atoms with Crippen molar-refractivity contribution in [3.05, 3.63) is 64.1 Å². The van der Waals surface area contributed by atoms with E-state index in [2.05, 4.69) is 27.0 Å². The first kappa shape index (κ1) is 14.5. The van der Waals surface area contributed by atoms with Crippen molar-refractivity contribution in [2.45, 2.75) is 13.0 Å². The Morgan fingerprint density at radius 2 is 2.05 bits per heavy atom. The van der Waals surface area contributed by atoms with Gasteiger partial charge in [0, 0.05) is 23.3 Å². The van der Waals surface area contributed by atoms with Gasteiger partial charge in [0.1, 0.15) is 11.6 Å². The van der Waals surface area contributed by atoms with Crippen LogP contribution in [-0.4, -0.2) is 15.4 Å². The van der Waals surface area contributed by atoms with Crippen molar-refractivity contribution >= 4 is 38.6 Å². The van der Waals surface area contributed by atoms with Crippen molar-refractivity contribution in [2.24, 2.45) is 0 Å². The first-order valence-electron chi connectivity index (χ1n) is 6.62. The lowest BCUT2D eigenvalue weighted by Crippen LogP contribution is -2.06. The fourth-order valence-corrected chi connectivity index (χ4v) is 3.03. The third kappa shape index (κ3) is 3.11. The van der Waals surface area contributed by atoms with Crippen LogP contribution < -0.4 is 0 Å². The third-order valence-electron chi connectivity index (χ3n) is 3.34. The van der Waals surface area contributed by atoms with Crippen molar-refractivity contribution in [1.82, 2.24) is 9.55 Å². The number of alkyl halides is 1. The van der Waals surface area contributed by atoms with E-state index < -0.39 is 0 Å². The average molecular weight is 368 g/mol. The average Bonchev–Trinajstić information content (AvgIpc) is 2.77. The maximum Gasteiger partial charge on any atom is 0.125 e. The van der Waals surface area contributed by atoms with Gasteiger partial charge in [-0.3, -0.25) is 0 Å². The lowest BCUT2D eigenvalue weighted by Gasteiger charge is -2.09. The molecule has 21 heavy (non-hydrogen) atoms. The van der Waals surface area contributed by atoms with Crippen LogP contribution in [0, 0.1) is 5.82 Å². The van der Waals surface area contributed by atoms with E-state index in [0.29, 0.717) is 18.8 Å². The number of aromatic nitrogens is 2. The van der Waals surface area contributed by atoms with E-state index in [1.54, 1.807) is 6.07 Å². The molecular formula is C16H13BrClFN2. The number of halogens is 3. The summed E-state index contributed by atoms with van der Waals surface area (Å²) in [6.45, 7) is 0.644. The second-order valence-corrected chi connectivity index (χ2v) is 6.11. The fourth-order valence-electron chi connectivity index (χ4n) is 2.42. The maximum atomic E-state index is 13.5. The van der Waals surface area contributed by atoms with Crippen LogP contribution >= 0.6 is 27.5 Å². The minimum atomic E-state index is -0.254. The number of hydrogen-bond acceptors (Lipinski definition) is 1. The molecule has 0 N–H and O–H groups in total. The Bertz CT molecular complexity index is 785. The zero-order chi connectivity index (χ0) is 14.8. The highest BCUT2D eigenvalue weighted by atomic mass is 79.9. The van der Waals surface area contributed by atoms with Crippen LogP contribution in [0.25, 0.3) is 11.0 Å². The molecule has 0 amide bonds. The van der Waals surface area contributed by atoms with Gasteiger partial charge in [-0.1, -0.05) is 28.1 Å². The molecule has 0 spiro atoms. The summed E-state index contributed by atoms with van der Waals surface area (Å²) in [4.78, 5) is 4.56. The largest absolute Gasteiger partial charge is 0.323 e. The van der Waals surface area contributed by atoms with Crippen molar-refractivity contribution in [1.29, 1.82) is 0 Å². The van der Waals surface area contributed by atoms with Gasteiger partial charge < -0.3 is 4.57 Å². The molecule has 0 saturated carbocycles. The van der Waals surface area contributed by atoms with Crippen molar-refractivity contribution in [3.63, 3.8) is 0 Å². The van der Waals surface area contributed by atoms with Gasteiger partial charge >= 0.3 is 0 Å². The highest BCUT2D eigenvalue weighted by Gasteiger charge is 2.11. The predicted molar refractivity (Wildman–Crippen MR) is 87.4 cm³/mol. The Kier molecular flexibility index (Phi) is 4.27. The third-order valence-corrected chi connectivity index (χ3v) is 4.02. The van der Waals surface area contributed by atoms with Crippen molar-refractivity contribution in [3.8, 4) is 0 Å². The normalized spacial score (nSPS) is 11.2. The Morgan fingerprint density at radius 1 is 1.19 bits per heavy atom. The predicted octanol–water partition coefficient (Wildman–Crippen LogP) is 4.77. The van der Waals surface area contributed by atoms with Crippen LogP contribution in [0.4, 0.5) is 4.39 Å². The number of hydrogen-bond donors (Lipinski definition) is 0. The summed E-state index contributed by atoms with van der Waals surface area (Å²) in [5, 5.41) is 0. The van der Waals surface area contributed by atoms with Gasteiger partial charge in [0.05, 0.1) is 11.0 Å². The zero-order valence-corrected chi connectivity index (χ0v) is 13.5. The zero-order valence-electron chi connectivity index (χ0n) is 11.2. The molecule has 3 aromatic rings. The minimum absolute atomic E-state index is 0.254. The van der Waals surface area contributed by atoms with Crippen LogP contribution in [0.2, 0.25) is 0 Å². The molecule has 0 aliphatic heterocycles. The number of benzene rings is 2. The molecule has 0 radical (unpaired) electrons. The molecule has 1 heterocycles. The molecule has 5 heteroatoms. The number of imidazole rings is 1. The molecule has 0 saturated heterocycles. The number of aryl methyl sites for hydroxylation is 1. The highest BCUT2D eigenvalue weighted by molar-refractivity contribution is 9.10. The number of nitrogens with zero attached hydrogens (tertiary/aromatic N) is 2. The van der Waals surface area contributed by atoms with Gasteiger partial charge in [0.25, 0.3) is 0 Å². The maximum absolute atomic E-state index is 13.5. The van der Waals surface area contributed by atoms with Crippen molar-refractivity contribution in [2.75, 3.05) is 5.88 Å². The molecule has 0 aliphatic rings. The van der Waals surface area contributed by atoms with E-state index in [9.17, 15) is 4.39 Å². The summed E-state index contributed by atoms with van der Waals surface area (Å²) in [5.74, 6) is 1.12. The van der Waals surface area contributed by atoms with E-state index in [4.69, 9.17) is 11.6 Å². The molecule has 2 nitrogen and oxygen atoms in total. The molecule has 0 atom stereocenters. The van der Waals surface area contributed by atoms with Gasteiger partial charge in [-0.05, 0) is 35.9 Å². The topological polar surface area (TPSA) is 17.8 Å². The Hall–Kier alpha value is -1.39. The standard InChI is InChI=1S/C16H13BrClFN2/c17-12-3-1-2-11(8-12)10-21-15-9-13(19)4-5-14(15)20-16(21)6-7-18/h1-5,8-9H,6-7,10H2. The second-order valence-electron chi connectivity index (χ2n) is 4.82. The molecule has 2 aromatic carbocycles. The van der Waals surface area contributed by atoms with E-state index in [1.165, 1.54) is 12.1 Å². The van der Waals surface area contributed by atoms with Crippen LogP contribution in [-0.2, 0) is 13.0 Å². The monoisotopic (exact) mass is 366 g/mol. The smallest absolute Gasteiger partial charge is 0.125 e. The minimum Gasteiger partial charge on any atom is -0.323 e. The van der Waals surface area contributed by atoms with Crippen LogP contribution in [0.1, 0.15) is 11.4 Å². The number of rotatable bonds is 4. The lowest BCUT2D eigenvalue weighted by atomic mass is 10.2. The molecule has 0 fully saturated rings. The molecule has 0 bridgehead atoms. The van der Waals surface area contributed by atoms with Crippen LogP contribution in [0.3, 0.4) is 0 Å². The first-order chi connectivity index (χ1) is 10.2. The Morgan fingerprint density at radius 3 is 2.81 bits per heavy atom. The SMILES string of the molecule is Fc1ccc2nc(CCCl)n(Cc3cccc(Br)c3)c2c1.